The van der Waals surface area contributed by atoms with Crippen molar-refractivity contribution in [3.63, 3.8) is 0 Å². The highest BCUT2D eigenvalue weighted by Gasteiger charge is 1.67. The Balaban J connectivity index is 0. The Hall–Kier alpha value is -0.550. The van der Waals surface area contributed by atoms with Crippen molar-refractivity contribution in [2.45, 2.75) is 33.1 Å². The van der Waals surface area contributed by atoms with E-state index >= 15 is 0 Å². The molecule has 2 nitrogen and oxygen atoms in total. The lowest BCUT2D eigenvalue weighted by Crippen LogP contribution is -1.95. The summed E-state index contributed by atoms with van der Waals surface area (Å²) in [6.45, 7) is 4.80. The minimum absolute atomic E-state index is 0.625. The molecule has 0 radical (unpaired) electrons. The predicted octanol–water partition coefficient (Wildman–Crippen LogP) is 1.67. The summed E-state index contributed by atoms with van der Waals surface area (Å²) >= 11 is 0. The lowest BCUT2D eigenvalue weighted by Gasteiger charge is -1.80. The average molecular weight is 128 g/mol. The maximum atomic E-state index is 7.62. The number of nitriles is 1. The topological polar surface area (TPSA) is 49.8 Å². The van der Waals surface area contributed by atoms with Crippen LogP contribution in [0.5, 0.6) is 0 Å². The molecule has 0 amide bonds. The first-order chi connectivity index (χ1) is 4.33. The van der Waals surface area contributed by atoms with Crippen molar-refractivity contribution in [2.75, 3.05) is 6.54 Å². The number of unbranched alkanes of at least 4 members (excludes halogenated alkanes) is 1. The number of hydrogen-bond donors (Lipinski definition) is 1. The first kappa shape index (κ1) is 11.3. The zero-order valence-corrected chi connectivity index (χ0v) is 6.35. The summed E-state index contributed by atoms with van der Waals surface area (Å²) in [5.41, 5.74) is 5.14. The number of nitrogens with two attached hydrogens (primary N) is 1. The van der Waals surface area contributed by atoms with Gasteiger partial charge in [-0.1, -0.05) is 20.3 Å². The van der Waals surface area contributed by atoms with E-state index in [1.807, 2.05) is 13.0 Å². The zero-order valence-electron chi connectivity index (χ0n) is 6.35. The van der Waals surface area contributed by atoms with Crippen molar-refractivity contribution < 1.29 is 0 Å². The summed E-state index contributed by atoms with van der Waals surface area (Å²) < 4.78 is 0. The molecular weight excluding hydrogens is 112 g/mol. The van der Waals surface area contributed by atoms with Crippen LogP contribution in [0.15, 0.2) is 0 Å². The van der Waals surface area contributed by atoms with Crippen molar-refractivity contribution in [3.05, 3.63) is 0 Å². The van der Waals surface area contributed by atoms with Crippen LogP contribution in [0, 0.1) is 11.3 Å². The molecule has 54 valence electrons. The molecule has 0 saturated carbocycles. The Bertz CT molecular complexity index is 61.8. The highest BCUT2D eigenvalue weighted by Crippen LogP contribution is 1.77. The molecule has 0 heterocycles. The van der Waals surface area contributed by atoms with Gasteiger partial charge in [-0.25, -0.2) is 0 Å². The van der Waals surface area contributed by atoms with E-state index in [-0.39, 0.29) is 0 Å². The fourth-order valence-corrected chi connectivity index (χ4v) is 0.204. The highest BCUT2D eigenvalue weighted by atomic mass is 14.5. The molecule has 0 spiro atoms. The van der Waals surface area contributed by atoms with Gasteiger partial charge in [0.25, 0.3) is 0 Å². The molecule has 0 aliphatic rings. The summed E-state index contributed by atoms with van der Waals surface area (Å²) in [4.78, 5) is 0. The van der Waals surface area contributed by atoms with Crippen molar-refractivity contribution >= 4 is 0 Å². The molecule has 0 atom stereocenters. The zero-order chi connectivity index (χ0) is 7.54. The third-order valence-electron chi connectivity index (χ3n) is 0.716. The predicted molar refractivity (Wildman–Crippen MR) is 39.9 cm³/mol. The van der Waals surface area contributed by atoms with Crippen LogP contribution >= 0.6 is 0 Å². The molecule has 0 aliphatic heterocycles. The fourth-order valence-electron chi connectivity index (χ4n) is 0.204. The summed E-state index contributed by atoms with van der Waals surface area (Å²) in [5, 5.41) is 7.62. The molecule has 0 rings (SSSR count). The first-order valence-electron chi connectivity index (χ1n) is 3.40. The average Bonchev–Trinajstić information content (AvgIpc) is 1.91. The second-order valence-corrected chi connectivity index (χ2v) is 1.65. The minimum Gasteiger partial charge on any atom is -0.330 e. The van der Waals surface area contributed by atoms with Gasteiger partial charge in [-0.3, -0.25) is 0 Å². The van der Waals surface area contributed by atoms with Crippen LogP contribution in [0.3, 0.4) is 0 Å². The van der Waals surface area contributed by atoms with Gasteiger partial charge in [0, 0.05) is 6.42 Å². The van der Waals surface area contributed by atoms with E-state index < -0.39 is 0 Å². The van der Waals surface area contributed by atoms with Crippen molar-refractivity contribution in [3.8, 4) is 6.07 Å². The van der Waals surface area contributed by atoms with E-state index in [1.165, 1.54) is 12.8 Å². The van der Waals surface area contributed by atoms with Crippen molar-refractivity contribution in [1.82, 2.24) is 0 Å². The molecule has 9 heavy (non-hydrogen) atoms. The van der Waals surface area contributed by atoms with Crippen LogP contribution in [-0.4, -0.2) is 6.54 Å². The van der Waals surface area contributed by atoms with Gasteiger partial charge in [-0.15, -0.1) is 0 Å². The summed E-state index contributed by atoms with van der Waals surface area (Å²) in [5.74, 6) is 0. The van der Waals surface area contributed by atoms with E-state index in [9.17, 15) is 0 Å². The molecule has 0 saturated heterocycles. The normalized spacial score (nSPS) is 6.89. The third-order valence-corrected chi connectivity index (χ3v) is 0.716. The van der Waals surface area contributed by atoms with Gasteiger partial charge < -0.3 is 5.73 Å². The maximum Gasteiger partial charge on any atom is 0.0618 e. The summed E-state index contributed by atoms with van der Waals surface area (Å²) in [6, 6.07) is 1.93. The smallest absolute Gasteiger partial charge is 0.0618 e. The quantitative estimate of drug-likeness (QED) is 0.615. The maximum absolute atomic E-state index is 7.62. The minimum atomic E-state index is 0.625. The van der Waals surface area contributed by atoms with Crippen LogP contribution in [0.1, 0.15) is 33.1 Å². The molecule has 0 unspecified atom stereocenters. The van der Waals surface area contributed by atoms with Crippen LogP contribution in [0.4, 0.5) is 0 Å². The molecule has 0 bridgehead atoms. The fraction of sp³-hybridized carbons (Fsp3) is 0.857. The van der Waals surface area contributed by atoms with E-state index in [0.29, 0.717) is 6.42 Å². The van der Waals surface area contributed by atoms with Crippen LogP contribution < -0.4 is 5.73 Å². The van der Waals surface area contributed by atoms with Gasteiger partial charge in [0.05, 0.1) is 6.07 Å². The highest BCUT2D eigenvalue weighted by molar-refractivity contribution is 4.61. The van der Waals surface area contributed by atoms with E-state index in [2.05, 4.69) is 6.92 Å². The number of hydrogen-bond acceptors (Lipinski definition) is 2. The number of nitrogens with zero attached hydrogens (tertiary/aromatic N) is 1. The van der Waals surface area contributed by atoms with Crippen molar-refractivity contribution in [2.24, 2.45) is 5.73 Å². The van der Waals surface area contributed by atoms with E-state index in [0.717, 1.165) is 6.54 Å². The molecule has 0 aliphatic carbocycles. The Morgan fingerprint density at radius 3 is 1.89 bits per heavy atom. The third kappa shape index (κ3) is 36.9. The summed E-state index contributed by atoms with van der Waals surface area (Å²) in [7, 11) is 0. The van der Waals surface area contributed by atoms with Crippen LogP contribution in [0.2, 0.25) is 0 Å². The second kappa shape index (κ2) is 15.7. The molecular formula is C7H16N2. The SMILES string of the molecule is CCC#N.CCCCN. The summed E-state index contributed by atoms with van der Waals surface area (Å²) in [6.07, 6.45) is 3.01. The Labute approximate surface area is 57.7 Å². The molecule has 0 aromatic carbocycles. The van der Waals surface area contributed by atoms with E-state index in [4.69, 9.17) is 11.0 Å². The Morgan fingerprint density at radius 2 is 1.89 bits per heavy atom. The Kier molecular flexibility index (Phi) is 19.6. The van der Waals surface area contributed by atoms with Gasteiger partial charge in [-0.2, -0.15) is 5.26 Å². The van der Waals surface area contributed by atoms with Gasteiger partial charge in [0.1, 0.15) is 0 Å². The first-order valence-corrected chi connectivity index (χ1v) is 3.40. The second-order valence-electron chi connectivity index (χ2n) is 1.65. The van der Waals surface area contributed by atoms with Crippen LogP contribution in [0.25, 0.3) is 0 Å². The van der Waals surface area contributed by atoms with Gasteiger partial charge in [0.15, 0.2) is 0 Å². The van der Waals surface area contributed by atoms with E-state index in [1.54, 1.807) is 0 Å². The Morgan fingerprint density at radius 1 is 1.44 bits per heavy atom. The molecule has 0 aromatic rings. The molecule has 0 fully saturated rings. The monoisotopic (exact) mass is 128 g/mol. The van der Waals surface area contributed by atoms with Gasteiger partial charge in [-0.05, 0) is 13.0 Å². The molecule has 2 N–H and O–H groups in total. The van der Waals surface area contributed by atoms with Crippen LogP contribution in [-0.2, 0) is 0 Å². The lowest BCUT2D eigenvalue weighted by molar-refractivity contribution is 0.807. The lowest BCUT2D eigenvalue weighted by atomic mass is 10.3. The van der Waals surface area contributed by atoms with Gasteiger partial charge in [0.2, 0.25) is 0 Å². The van der Waals surface area contributed by atoms with Gasteiger partial charge >= 0.3 is 0 Å². The number of rotatable bonds is 2. The molecule has 0 aromatic heterocycles. The largest absolute Gasteiger partial charge is 0.330 e. The molecule has 2 heteroatoms. The van der Waals surface area contributed by atoms with Crippen molar-refractivity contribution in [1.29, 1.82) is 5.26 Å². The standard InChI is InChI=1S/C4H11N.C3H5N/c1-2-3-4-5;1-2-3-4/h2-5H2,1H3;2H2,1H3.